The van der Waals surface area contributed by atoms with Crippen LogP contribution in [0.4, 0.5) is 4.39 Å². The van der Waals surface area contributed by atoms with Crippen molar-refractivity contribution in [3.05, 3.63) is 0 Å². The Morgan fingerprint density at radius 2 is 2.11 bits per heavy atom. The predicted octanol–water partition coefficient (Wildman–Crippen LogP) is 1.93. The minimum atomic E-state index is -1.33. The highest BCUT2D eigenvalue weighted by molar-refractivity contribution is 6.35. The van der Waals surface area contributed by atoms with Gasteiger partial charge in [-0.15, -0.1) is 11.6 Å². The fourth-order valence-corrected chi connectivity index (χ4v) is 0.280. The molecular formula is C6H10ClFO. The Morgan fingerprint density at radius 3 is 2.11 bits per heavy atom. The molecule has 3 heteroatoms. The molecule has 0 aromatic rings. The Kier molecular flexibility index (Phi) is 2.62. The van der Waals surface area contributed by atoms with Gasteiger partial charge in [0.05, 0.1) is 0 Å². The molecule has 0 rings (SSSR count). The average Bonchev–Trinajstić information content (AvgIpc) is 1.65. The summed E-state index contributed by atoms with van der Waals surface area (Å²) in [6.07, 6.45) is -1.29. The SMILES string of the molecule is CC(=O)C(C)(Cl)C(C)F. The number of ketones is 1. The van der Waals surface area contributed by atoms with E-state index in [0.29, 0.717) is 0 Å². The van der Waals surface area contributed by atoms with Crippen LogP contribution in [0.15, 0.2) is 0 Å². The lowest BCUT2D eigenvalue weighted by Crippen LogP contribution is -2.35. The molecule has 0 aliphatic carbocycles. The van der Waals surface area contributed by atoms with Crippen LogP contribution < -0.4 is 0 Å². The van der Waals surface area contributed by atoms with Gasteiger partial charge in [-0.05, 0) is 20.8 Å². The van der Waals surface area contributed by atoms with Crippen molar-refractivity contribution in [1.82, 2.24) is 0 Å². The second-order valence-corrected chi connectivity index (χ2v) is 3.03. The number of hydrogen-bond donors (Lipinski definition) is 0. The van der Waals surface area contributed by atoms with E-state index in [9.17, 15) is 9.18 Å². The standard InChI is InChI=1S/C6H10ClFO/c1-4(8)6(3,7)5(2)9/h4H,1-3H3. The molecule has 0 aromatic heterocycles. The van der Waals surface area contributed by atoms with Gasteiger partial charge in [0.15, 0.2) is 5.78 Å². The average molecular weight is 153 g/mol. The summed E-state index contributed by atoms with van der Waals surface area (Å²) in [5.41, 5.74) is 0. The van der Waals surface area contributed by atoms with Crippen molar-refractivity contribution in [1.29, 1.82) is 0 Å². The summed E-state index contributed by atoms with van der Waals surface area (Å²) in [4.78, 5) is 9.20. The lowest BCUT2D eigenvalue weighted by Gasteiger charge is -2.19. The van der Waals surface area contributed by atoms with E-state index in [2.05, 4.69) is 0 Å². The van der Waals surface area contributed by atoms with Gasteiger partial charge >= 0.3 is 0 Å². The molecule has 0 bridgehead atoms. The zero-order valence-electron chi connectivity index (χ0n) is 5.74. The molecule has 0 radical (unpaired) electrons. The quantitative estimate of drug-likeness (QED) is 0.553. The molecule has 0 saturated carbocycles. The largest absolute Gasteiger partial charge is 0.298 e. The molecular weight excluding hydrogens is 143 g/mol. The molecule has 0 spiro atoms. The first kappa shape index (κ1) is 8.89. The maximum atomic E-state index is 12.4. The summed E-state index contributed by atoms with van der Waals surface area (Å²) in [7, 11) is 0. The summed E-state index contributed by atoms with van der Waals surface area (Å²) in [5.74, 6) is -0.334. The number of alkyl halides is 2. The van der Waals surface area contributed by atoms with Gasteiger partial charge in [0.2, 0.25) is 0 Å². The first-order valence-electron chi connectivity index (χ1n) is 2.73. The van der Waals surface area contributed by atoms with Crippen LogP contribution >= 0.6 is 11.6 Å². The topological polar surface area (TPSA) is 17.1 Å². The summed E-state index contributed by atoms with van der Waals surface area (Å²) in [6, 6.07) is 0. The van der Waals surface area contributed by atoms with E-state index in [4.69, 9.17) is 11.6 Å². The molecule has 0 fully saturated rings. The van der Waals surface area contributed by atoms with Crippen LogP contribution in [0.5, 0.6) is 0 Å². The van der Waals surface area contributed by atoms with E-state index >= 15 is 0 Å². The third-order valence-corrected chi connectivity index (χ3v) is 2.00. The number of rotatable bonds is 2. The van der Waals surface area contributed by atoms with E-state index in [1.54, 1.807) is 0 Å². The van der Waals surface area contributed by atoms with Crippen LogP contribution in [0.3, 0.4) is 0 Å². The number of carbonyl (C=O) groups is 1. The summed E-state index contributed by atoms with van der Waals surface area (Å²) in [5, 5.41) is 0. The molecule has 2 unspecified atom stereocenters. The second-order valence-electron chi connectivity index (χ2n) is 2.25. The highest BCUT2D eigenvalue weighted by Crippen LogP contribution is 2.22. The zero-order valence-corrected chi connectivity index (χ0v) is 6.50. The van der Waals surface area contributed by atoms with Crippen molar-refractivity contribution in [2.75, 3.05) is 0 Å². The van der Waals surface area contributed by atoms with Crippen molar-refractivity contribution >= 4 is 17.4 Å². The van der Waals surface area contributed by atoms with Gasteiger partial charge in [-0.2, -0.15) is 0 Å². The number of hydrogen-bond acceptors (Lipinski definition) is 1. The van der Waals surface area contributed by atoms with E-state index in [0.717, 1.165) is 0 Å². The molecule has 0 amide bonds. The van der Waals surface area contributed by atoms with E-state index in [1.165, 1.54) is 20.8 Å². The molecule has 0 saturated heterocycles. The van der Waals surface area contributed by atoms with Gasteiger partial charge in [0.25, 0.3) is 0 Å². The molecule has 0 aromatic carbocycles. The minimum absolute atomic E-state index is 0.334. The van der Waals surface area contributed by atoms with Gasteiger partial charge in [0.1, 0.15) is 11.0 Å². The Hall–Kier alpha value is -0.110. The van der Waals surface area contributed by atoms with Crippen LogP contribution in [0, 0.1) is 0 Å². The maximum Gasteiger partial charge on any atom is 0.153 e. The fourth-order valence-electron chi connectivity index (χ4n) is 0.280. The Balaban J connectivity index is 4.19. The summed E-state index contributed by atoms with van der Waals surface area (Å²) < 4.78 is 12.4. The van der Waals surface area contributed by atoms with Gasteiger partial charge < -0.3 is 0 Å². The lowest BCUT2D eigenvalue weighted by atomic mass is 10.0. The second kappa shape index (κ2) is 2.65. The van der Waals surface area contributed by atoms with E-state index in [1.807, 2.05) is 0 Å². The van der Waals surface area contributed by atoms with Gasteiger partial charge in [-0.1, -0.05) is 0 Å². The molecule has 54 valence electrons. The van der Waals surface area contributed by atoms with Crippen molar-refractivity contribution in [2.45, 2.75) is 31.8 Å². The van der Waals surface area contributed by atoms with Crippen LogP contribution in [0.25, 0.3) is 0 Å². The maximum absolute atomic E-state index is 12.4. The fraction of sp³-hybridized carbons (Fsp3) is 0.833. The van der Waals surface area contributed by atoms with Crippen molar-refractivity contribution in [2.24, 2.45) is 0 Å². The van der Waals surface area contributed by atoms with Crippen molar-refractivity contribution < 1.29 is 9.18 Å². The molecule has 0 aliphatic rings. The van der Waals surface area contributed by atoms with Gasteiger partial charge in [0, 0.05) is 0 Å². The highest BCUT2D eigenvalue weighted by atomic mass is 35.5. The normalized spacial score (nSPS) is 20.6. The van der Waals surface area contributed by atoms with Gasteiger partial charge in [-0.3, -0.25) is 4.79 Å². The van der Waals surface area contributed by atoms with E-state index in [-0.39, 0.29) is 5.78 Å². The molecule has 0 aliphatic heterocycles. The zero-order chi connectivity index (χ0) is 7.65. The molecule has 0 heterocycles. The number of halogens is 2. The third-order valence-electron chi connectivity index (χ3n) is 1.44. The predicted molar refractivity (Wildman–Crippen MR) is 35.5 cm³/mol. The lowest BCUT2D eigenvalue weighted by molar-refractivity contribution is -0.120. The van der Waals surface area contributed by atoms with Crippen LogP contribution in [0.1, 0.15) is 20.8 Å². The van der Waals surface area contributed by atoms with Crippen LogP contribution in [-0.2, 0) is 4.79 Å². The molecule has 0 N–H and O–H groups in total. The first-order chi connectivity index (χ1) is 3.89. The van der Waals surface area contributed by atoms with Crippen LogP contribution in [0.2, 0.25) is 0 Å². The Bertz CT molecular complexity index is 120. The molecule has 2 atom stereocenters. The minimum Gasteiger partial charge on any atom is -0.298 e. The third kappa shape index (κ3) is 1.94. The molecule has 9 heavy (non-hydrogen) atoms. The molecule has 1 nitrogen and oxygen atoms in total. The van der Waals surface area contributed by atoms with Crippen LogP contribution in [-0.4, -0.2) is 16.8 Å². The summed E-state index contributed by atoms with van der Waals surface area (Å²) >= 11 is 5.48. The first-order valence-corrected chi connectivity index (χ1v) is 3.11. The highest BCUT2D eigenvalue weighted by Gasteiger charge is 2.33. The number of carbonyl (C=O) groups excluding carboxylic acids is 1. The monoisotopic (exact) mass is 152 g/mol. The van der Waals surface area contributed by atoms with Crippen molar-refractivity contribution in [3.63, 3.8) is 0 Å². The van der Waals surface area contributed by atoms with E-state index < -0.39 is 11.0 Å². The van der Waals surface area contributed by atoms with Crippen molar-refractivity contribution in [3.8, 4) is 0 Å². The van der Waals surface area contributed by atoms with Gasteiger partial charge in [-0.25, -0.2) is 4.39 Å². The Morgan fingerprint density at radius 1 is 1.78 bits per heavy atom. The number of Topliss-reactive ketones (excluding diaryl/α,β-unsaturated/α-hetero) is 1. The Labute approximate surface area is 59.2 Å². The smallest absolute Gasteiger partial charge is 0.153 e. The summed E-state index contributed by atoms with van der Waals surface area (Å²) in [6.45, 7) is 3.93.